The van der Waals surface area contributed by atoms with Gasteiger partial charge < -0.3 is 75.8 Å². The average molecular weight is 1270 g/mol. The van der Waals surface area contributed by atoms with Gasteiger partial charge in [-0.15, -0.1) is 0 Å². The Kier molecular flexibility index (Phi) is 30.1. The SMILES string of the molecule is CC[C@H](O)C(C)O[C@@H](C)C[C@@](C)(O)/C=C/C=C(\C)[C@H]1OC(=O)C[C@H](O)CC[C@@](C)(OC(C)=O)[C@@H](OC(=O)N2CCN(C(=O)OCc3ccc(NC(=O)[C@H](CCCNC(N)=O)NC(=O)[C@@H](NC(=O)CCCCCN4C(=O)C=CC4=O)C(C)C)cc3)CC2)/C=C/[C@@H]1C. The van der Waals surface area contributed by atoms with Gasteiger partial charge in [-0.1, -0.05) is 70.6 Å². The highest BCUT2D eigenvalue weighted by Gasteiger charge is 2.42. The van der Waals surface area contributed by atoms with Crippen molar-refractivity contribution in [2.45, 2.75) is 206 Å². The molecule has 0 radical (unpaired) electrons. The van der Waals surface area contributed by atoms with E-state index in [4.69, 9.17) is 29.4 Å². The fraction of sp³-hybridized carbons (Fsp3) is 0.625. The number of aliphatic hydroxyl groups excluding tert-OH is 2. The molecule has 3 aliphatic rings. The van der Waals surface area contributed by atoms with E-state index in [9.17, 15) is 63.3 Å². The number of esters is 2. The van der Waals surface area contributed by atoms with Crippen molar-refractivity contribution in [1.82, 2.24) is 30.7 Å². The molecule has 4 rings (SSSR count). The van der Waals surface area contributed by atoms with Gasteiger partial charge in [0.05, 0.1) is 36.4 Å². The summed E-state index contributed by atoms with van der Waals surface area (Å²) >= 11 is 0. The summed E-state index contributed by atoms with van der Waals surface area (Å²) < 4.78 is 29.4. The van der Waals surface area contributed by atoms with Crippen LogP contribution in [0.1, 0.15) is 145 Å². The lowest BCUT2D eigenvalue weighted by Gasteiger charge is -2.38. The van der Waals surface area contributed by atoms with Gasteiger partial charge in [-0.2, -0.15) is 0 Å². The number of carbonyl (C=O) groups is 10. The summed E-state index contributed by atoms with van der Waals surface area (Å²) in [6.07, 6.45) is 6.78. The van der Waals surface area contributed by atoms with E-state index in [0.717, 1.165) is 4.90 Å². The van der Waals surface area contributed by atoms with Gasteiger partial charge in [0.15, 0.2) is 6.10 Å². The molecular weight excluding hydrogens is 1170 g/mol. The second kappa shape index (κ2) is 36.2. The third-order valence-electron chi connectivity index (χ3n) is 15.7. The first-order valence-corrected chi connectivity index (χ1v) is 31.0. The van der Waals surface area contributed by atoms with E-state index in [1.165, 1.54) is 28.9 Å². The highest BCUT2D eigenvalue weighted by atomic mass is 16.6. The third-order valence-corrected chi connectivity index (χ3v) is 15.7. The Morgan fingerprint density at radius 3 is 2.14 bits per heavy atom. The lowest BCUT2D eigenvalue weighted by molar-refractivity contribution is -0.168. The molecule has 1 unspecified atom stereocenters. The molecule has 9 amide bonds. The van der Waals surface area contributed by atoms with Gasteiger partial charge >= 0.3 is 30.2 Å². The van der Waals surface area contributed by atoms with Crippen LogP contribution >= 0.6 is 0 Å². The molecule has 3 heterocycles. The Bertz CT molecular complexity index is 2720. The summed E-state index contributed by atoms with van der Waals surface area (Å²) in [5, 5.41) is 43.1. The smallest absolute Gasteiger partial charge is 0.410 e. The van der Waals surface area contributed by atoms with Crippen molar-refractivity contribution in [1.29, 1.82) is 0 Å². The minimum atomic E-state index is -1.50. The second-order valence-corrected chi connectivity index (χ2v) is 24.2. The number of piperazine rings is 1. The summed E-state index contributed by atoms with van der Waals surface area (Å²) in [6, 6.07) is 3.58. The Morgan fingerprint density at radius 1 is 0.889 bits per heavy atom. The van der Waals surface area contributed by atoms with Crippen LogP contribution in [0.3, 0.4) is 0 Å². The molecule has 0 spiro atoms. The lowest BCUT2D eigenvalue weighted by Crippen LogP contribution is -2.54. The van der Waals surface area contributed by atoms with Crippen LogP contribution in [-0.2, 0) is 63.9 Å². The maximum atomic E-state index is 14.0. The number of primary amides is 1. The van der Waals surface area contributed by atoms with Crippen LogP contribution in [0.2, 0.25) is 0 Å². The standard InChI is InChI=1S/C64H96N8O18/c1-11-50(75)44(7)87-43(6)38-63(9,85)29-15-17-41(4)57-42(5)20-25-51(64(10,90-45(8)73)30-28-48(74)37-55(79)89-57)88-62(84)71-35-33-70(34-36-71)61(83)86-39-46-21-23-47(24-22-46)67-58(80)49(18-16-31-66-60(65)82)68-59(81)56(40(2)3)69-52(76)19-13-12-14-32-72-53(77)26-27-54(72)78/h15,17,20-27,29,40,42-44,48-51,56-57,74-75,85H,11-14,16,18-19,28,30-39H2,1-10H3,(H,67,80)(H,68,81)(H,69,76)(H3,65,66,82)/b25-20+,29-15+,41-17+/t42-,43-,44?,48+,49-,50-,51-,56-,57+,63-,64+/m0/s1. The number of hydrogen-bond donors (Lipinski definition) is 8. The monoisotopic (exact) mass is 1260 g/mol. The number of urea groups is 1. The highest BCUT2D eigenvalue weighted by Crippen LogP contribution is 2.31. The Hall–Kier alpha value is -7.68. The van der Waals surface area contributed by atoms with Crippen molar-refractivity contribution >= 4 is 65.4 Å². The van der Waals surface area contributed by atoms with Crippen LogP contribution in [0.4, 0.5) is 20.1 Å². The highest BCUT2D eigenvalue weighted by molar-refractivity contribution is 6.12. The van der Waals surface area contributed by atoms with Crippen LogP contribution in [-0.4, -0.2) is 189 Å². The molecule has 9 N–H and O–H groups in total. The van der Waals surface area contributed by atoms with Gasteiger partial charge in [-0.25, -0.2) is 14.4 Å². The maximum Gasteiger partial charge on any atom is 0.410 e. The summed E-state index contributed by atoms with van der Waals surface area (Å²) in [6.45, 7) is 17.3. The number of nitrogens with two attached hydrogens (primary N) is 1. The van der Waals surface area contributed by atoms with E-state index in [1.807, 2.05) is 13.8 Å². The zero-order valence-electron chi connectivity index (χ0n) is 53.7. The zero-order chi connectivity index (χ0) is 66.9. The van der Waals surface area contributed by atoms with Crippen LogP contribution in [0.15, 0.2) is 72.4 Å². The van der Waals surface area contributed by atoms with Crippen LogP contribution in [0.5, 0.6) is 0 Å². The third kappa shape index (κ3) is 25.3. The number of ether oxygens (including phenoxy) is 5. The molecule has 500 valence electrons. The predicted octanol–water partition coefficient (Wildman–Crippen LogP) is 5.12. The number of imide groups is 1. The molecule has 0 aliphatic carbocycles. The number of amides is 9. The van der Waals surface area contributed by atoms with E-state index < -0.39 is 102 Å². The van der Waals surface area contributed by atoms with Crippen molar-refractivity contribution in [3.8, 4) is 0 Å². The Labute approximate surface area is 527 Å². The van der Waals surface area contributed by atoms with Gasteiger partial charge in [0.25, 0.3) is 11.8 Å². The molecular formula is C64H96N8O18. The molecule has 0 aromatic heterocycles. The number of allylic oxidation sites excluding steroid dienone is 2. The van der Waals surface area contributed by atoms with Crippen molar-refractivity contribution in [3.63, 3.8) is 0 Å². The molecule has 1 aromatic rings. The van der Waals surface area contributed by atoms with E-state index in [2.05, 4.69) is 21.3 Å². The summed E-state index contributed by atoms with van der Waals surface area (Å²) in [4.78, 5) is 132. The molecule has 26 nitrogen and oxygen atoms in total. The molecule has 0 saturated carbocycles. The van der Waals surface area contributed by atoms with Crippen LogP contribution < -0.4 is 27.0 Å². The van der Waals surface area contributed by atoms with E-state index in [1.54, 1.807) is 103 Å². The van der Waals surface area contributed by atoms with E-state index in [0.29, 0.717) is 42.5 Å². The topological polar surface area (TPSA) is 361 Å². The number of anilines is 1. The van der Waals surface area contributed by atoms with Crippen molar-refractivity contribution in [2.24, 2.45) is 17.6 Å². The Morgan fingerprint density at radius 2 is 1.53 bits per heavy atom. The van der Waals surface area contributed by atoms with Crippen LogP contribution in [0, 0.1) is 11.8 Å². The molecule has 1 fully saturated rings. The molecule has 0 bridgehead atoms. The largest absolute Gasteiger partial charge is 0.457 e. The number of aliphatic hydroxyl groups is 3. The molecule has 1 aromatic carbocycles. The summed E-state index contributed by atoms with van der Waals surface area (Å²) in [7, 11) is 0. The minimum absolute atomic E-state index is 0.00829. The first kappa shape index (κ1) is 74.8. The number of carbonyl (C=O) groups excluding carboxylic acids is 10. The number of rotatable bonds is 29. The van der Waals surface area contributed by atoms with E-state index >= 15 is 0 Å². The summed E-state index contributed by atoms with van der Waals surface area (Å²) in [5.41, 5.74) is 3.93. The second-order valence-electron chi connectivity index (χ2n) is 24.2. The predicted molar refractivity (Wildman–Crippen MR) is 331 cm³/mol. The average Bonchev–Trinajstić information content (AvgIpc) is 1.11. The Balaban J connectivity index is 1.35. The summed E-state index contributed by atoms with van der Waals surface area (Å²) in [5.74, 6) is -4.58. The molecule has 3 aliphatic heterocycles. The fourth-order valence-electron chi connectivity index (χ4n) is 10.5. The zero-order valence-corrected chi connectivity index (χ0v) is 53.7. The van der Waals surface area contributed by atoms with Gasteiger partial charge in [-0.05, 0) is 115 Å². The van der Waals surface area contributed by atoms with Crippen molar-refractivity contribution < 1.29 is 86.9 Å². The maximum absolute atomic E-state index is 14.0. The van der Waals surface area contributed by atoms with Gasteiger partial charge in [0.1, 0.15) is 30.4 Å². The number of nitrogens with one attached hydrogen (secondary N) is 4. The normalized spacial score (nSPS) is 22.8. The number of unbranched alkanes of at least 4 members (excludes halogenated alkanes) is 2. The van der Waals surface area contributed by atoms with E-state index in [-0.39, 0.29) is 121 Å². The van der Waals surface area contributed by atoms with Crippen LogP contribution in [0.25, 0.3) is 0 Å². The molecule has 1 saturated heterocycles. The van der Waals surface area contributed by atoms with Gasteiger partial charge in [-0.3, -0.25) is 38.5 Å². The molecule has 90 heavy (non-hydrogen) atoms. The first-order chi connectivity index (χ1) is 42.4. The number of nitrogens with zero attached hydrogens (tertiary/aromatic N) is 3. The minimum Gasteiger partial charge on any atom is -0.457 e. The molecule has 11 atom stereocenters. The van der Waals surface area contributed by atoms with Gasteiger partial charge in [0.2, 0.25) is 17.7 Å². The first-order valence-electron chi connectivity index (χ1n) is 31.0. The number of hydrogen-bond acceptors (Lipinski definition) is 18. The fourth-order valence-corrected chi connectivity index (χ4v) is 10.5. The quantitative estimate of drug-likeness (QED) is 0.0129. The van der Waals surface area contributed by atoms with Crippen molar-refractivity contribution in [2.75, 3.05) is 44.6 Å². The molecule has 26 heteroatoms. The lowest BCUT2D eigenvalue weighted by atomic mass is 9.88. The van der Waals surface area contributed by atoms with Crippen molar-refractivity contribution in [3.05, 3.63) is 77.9 Å². The number of benzene rings is 1. The number of cyclic esters (lactones) is 1. The van der Waals surface area contributed by atoms with Gasteiger partial charge in [0, 0.05) is 82.8 Å².